The number of carbonyl (C=O) groups excluding carboxylic acids is 1. The highest BCUT2D eigenvalue weighted by Crippen LogP contribution is 2.28. The van der Waals surface area contributed by atoms with Crippen LogP contribution in [0.5, 0.6) is 0 Å². The van der Waals surface area contributed by atoms with Gasteiger partial charge in [0.25, 0.3) is 0 Å². The van der Waals surface area contributed by atoms with Crippen LogP contribution in [0.25, 0.3) is 10.8 Å². The van der Waals surface area contributed by atoms with Crippen molar-refractivity contribution in [1.82, 2.24) is 14.5 Å². The zero-order valence-corrected chi connectivity index (χ0v) is 21.8. The van der Waals surface area contributed by atoms with Crippen molar-refractivity contribution in [3.8, 4) is 0 Å². The smallest absolute Gasteiger partial charge is 0.243 e. The quantitative estimate of drug-likeness (QED) is 0.668. The van der Waals surface area contributed by atoms with E-state index < -0.39 is 10.0 Å². The molecular formula is C27H39N3O3S. The lowest BCUT2D eigenvalue weighted by Gasteiger charge is -2.45. The Balaban J connectivity index is 1.32. The number of fused-ring (bicyclic) bond motifs is 1. The van der Waals surface area contributed by atoms with Crippen LogP contribution in [0.2, 0.25) is 0 Å². The summed E-state index contributed by atoms with van der Waals surface area (Å²) in [5.41, 5.74) is -0.0985. The summed E-state index contributed by atoms with van der Waals surface area (Å²) in [7, 11) is -3.57. The van der Waals surface area contributed by atoms with Crippen molar-refractivity contribution >= 4 is 26.7 Å². The lowest BCUT2D eigenvalue weighted by Crippen LogP contribution is -2.56. The summed E-state index contributed by atoms with van der Waals surface area (Å²) in [6, 6.07) is 13.0. The topological polar surface area (TPSA) is 69.7 Å². The van der Waals surface area contributed by atoms with Gasteiger partial charge < -0.3 is 5.32 Å². The average Bonchev–Trinajstić information content (AvgIpc) is 2.81. The van der Waals surface area contributed by atoms with Gasteiger partial charge in [0.05, 0.1) is 4.90 Å². The molecule has 7 heteroatoms. The molecule has 2 fully saturated rings. The van der Waals surface area contributed by atoms with E-state index in [0.29, 0.717) is 49.2 Å². The molecule has 0 saturated carbocycles. The lowest BCUT2D eigenvalue weighted by molar-refractivity contribution is -0.126. The third kappa shape index (κ3) is 5.47. The Kier molecular flexibility index (Phi) is 7.36. The third-order valence-electron chi connectivity index (χ3n) is 7.60. The number of sulfonamides is 1. The minimum Gasteiger partial charge on any atom is -0.354 e. The number of nitrogens with one attached hydrogen (secondary N) is 1. The molecule has 2 unspecified atom stereocenters. The number of carbonyl (C=O) groups is 1. The second-order valence-electron chi connectivity index (χ2n) is 11.1. The zero-order chi connectivity index (χ0) is 24.5. The Bertz CT molecular complexity index is 1110. The van der Waals surface area contributed by atoms with Gasteiger partial charge in [0.2, 0.25) is 15.9 Å². The fourth-order valence-electron chi connectivity index (χ4n) is 5.55. The van der Waals surface area contributed by atoms with E-state index in [0.717, 1.165) is 23.9 Å². The van der Waals surface area contributed by atoms with Crippen molar-refractivity contribution in [1.29, 1.82) is 0 Å². The second kappa shape index (κ2) is 9.96. The maximum absolute atomic E-state index is 13.2. The van der Waals surface area contributed by atoms with E-state index in [-0.39, 0.29) is 17.4 Å². The maximum Gasteiger partial charge on any atom is 0.243 e. The van der Waals surface area contributed by atoms with Crippen molar-refractivity contribution in [2.75, 3.05) is 32.7 Å². The van der Waals surface area contributed by atoms with Gasteiger partial charge >= 0.3 is 0 Å². The van der Waals surface area contributed by atoms with Crippen LogP contribution in [-0.2, 0) is 14.8 Å². The highest BCUT2D eigenvalue weighted by Gasteiger charge is 2.35. The number of rotatable bonds is 6. The van der Waals surface area contributed by atoms with E-state index in [1.54, 1.807) is 12.1 Å². The van der Waals surface area contributed by atoms with Crippen LogP contribution in [0.4, 0.5) is 0 Å². The first-order valence-corrected chi connectivity index (χ1v) is 14.0. The number of benzene rings is 2. The predicted molar refractivity (Wildman–Crippen MR) is 137 cm³/mol. The van der Waals surface area contributed by atoms with E-state index in [1.807, 2.05) is 30.3 Å². The Hall–Kier alpha value is -1.96. The van der Waals surface area contributed by atoms with Gasteiger partial charge in [0.1, 0.15) is 0 Å². The molecule has 0 spiro atoms. The molecule has 6 nitrogen and oxygen atoms in total. The molecule has 4 rings (SSSR count). The zero-order valence-electron chi connectivity index (χ0n) is 21.0. The standard InChI is InChI=1S/C27H39N3O3S/c1-20-15-21(2)18-29(17-20)27(3,4)19-28-26(31)23-11-13-30(14-12-23)34(32,33)25-10-9-22-7-5-6-8-24(22)16-25/h5-10,16,20-21,23H,11-15,17-19H2,1-4H3,(H,28,31). The van der Waals surface area contributed by atoms with Gasteiger partial charge in [-0.2, -0.15) is 4.31 Å². The van der Waals surface area contributed by atoms with Gasteiger partial charge in [-0.25, -0.2) is 8.42 Å². The number of amides is 1. The summed E-state index contributed by atoms with van der Waals surface area (Å²) in [6.07, 6.45) is 2.37. The van der Waals surface area contributed by atoms with Crippen molar-refractivity contribution in [2.45, 2.75) is 57.4 Å². The fraction of sp³-hybridized carbons (Fsp3) is 0.593. The van der Waals surface area contributed by atoms with E-state index in [2.05, 4.69) is 37.9 Å². The molecule has 1 amide bonds. The van der Waals surface area contributed by atoms with E-state index >= 15 is 0 Å². The first kappa shape index (κ1) is 25.1. The van der Waals surface area contributed by atoms with Crippen LogP contribution in [0.1, 0.15) is 47.0 Å². The van der Waals surface area contributed by atoms with Crippen LogP contribution in [0.3, 0.4) is 0 Å². The Morgan fingerprint density at radius 1 is 1.00 bits per heavy atom. The monoisotopic (exact) mass is 485 g/mol. The summed E-state index contributed by atoms with van der Waals surface area (Å²) in [6.45, 7) is 12.5. The largest absolute Gasteiger partial charge is 0.354 e. The molecule has 34 heavy (non-hydrogen) atoms. The van der Waals surface area contributed by atoms with Crippen LogP contribution in [-0.4, -0.2) is 61.8 Å². The van der Waals surface area contributed by atoms with Crippen molar-refractivity contribution in [3.63, 3.8) is 0 Å². The van der Waals surface area contributed by atoms with Gasteiger partial charge in [0, 0.05) is 44.2 Å². The molecule has 2 atom stereocenters. The first-order valence-electron chi connectivity index (χ1n) is 12.6. The number of nitrogens with zero attached hydrogens (tertiary/aromatic N) is 2. The molecule has 2 aliphatic heterocycles. The van der Waals surface area contributed by atoms with Crippen molar-refractivity contribution in [3.05, 3.63) is 42.5 Å². The van der Waals surface area contributed by atoms with Gasteiger partial charge in [-0.15, -0.1) is 0 Å². The number of hydrogen-bond acceptors (Lipinski definition) is 4. The average molecular weight is 486 g/mol. The third-order valence-corrected chi connectivity index (χ3v) is 9.50. The Morgan fingerprint density at radius 3 is 2.26 bits per heavy atom. The molecule has 2 aliphatic rings. The molecule has 0 aromatic heterocycles. The van der Waals surface area contributed by atoms with Crippen molar-refractivity contribution in [2.24, 2.45) is 17.8 Å². The molecule has 2 aromatic carbocycles. The normalized spacial score (nSPS) is 23.8. The minimum absolute atomic E-state index is 0.0499. The molecule has 2 aromatic rings. The number of hydrogen-bond donors (Lipinski definition) is 1. The summed E-state index contributed by atoms with van der Waals surface area (Å²) in [4.78, 5) is 15.8. The highest BCUT2D eigenvalue weighted by atomic mass is 32.2. The Labute approximate surface area is 204 Å². The van der Waals surface area contributed by atoms with Crippen LogP contribution in [0.15, 0.2) is 47.4 Å². The summed E-state index contributed by atoms with van der Waals surface area (Å²) < 4.78 is 28.0. The van der Waals surface area contributed by atoms with Gasteiger partial charge in [-0.05, 0) is 67.9 Å². The molecule has 1 N–H and O–H groups in total. The van der Waals surface area contributed by atoms with E-state index in [1.165, 1.54) is 10.7 Å². The van der Waals surface area contributed by atoms with Crippen LogP contribution < -0.4 is 5.32 Å². The van der Waals surface area contributed by atoms with E-state index in [9.17, 15) is 13.2 Å². The maximum atomic E-state index is 13.2. The molecule has 186 valence electrons. The van der Waals surface area contributed by atoms with Crippen LogP contribution in [0, 0.1) is 17.8 Å². The van der Waals surface area contributed by atoms with E-state index in [4.69, 9.17) is 0 Å². The van der Waals surface area contributed by atoms with Gasteiger partial charge in [0.15, 0.2) is 0 Å². The molecule has 0 radical (unpaired) electrons. The summed E-state index contributed by atoms with van der Waals surface area (Å²) in [5.74, 6) is 1.26. The second-order valence-corrected chi connectivity index (χ2v) is 13.0. The highest BCUT2D eigenvalue weighted by molar-refractivity contribution is 7.89. The minimum atomic E-state index is -3.57. The van der Waals surface area contributed by atoms with Crippen LogP contribution >= 0.6 is 0 Å². The molecule has 0 bridgehead atoms. The Morgan fingerprint density at radius 2 is 1.62 bits per heavy atom. The SMILES string of the molecule is CC1CC(C)CN(C(C)(C)CNC(=O)C2CCN(S(=O)(=O)c3ccc4ccccc4c3)CC2)C1. The molecule has 0 aliphatic carbocycles. The molecule has 2 saturated heterocycles. The number of piperidine rings is 2. The molecule has 2 heterocycles. The predicted octanol–water partition coefficient (Wildman–Crippen LogP) is 4.11. The lowest BCUT2D eigenvalue weighted by atomic mass is 9.88. The number of likely N-dealkylation sites (tertiary alicyclic amines) is 1. The fourth-order valence-corrected chi connectivity index (χ4v) is 7.06. The van der Waals surface area contributed by atoms with Gasteiger partial charge in [-0.3, -0.25) is 9.69 Å². The summed E-state index contributed by atoms with van der Waals surface area (Å²) >= 11 is 0. The van der Waals surface area contributed by atoms with Crippen molar-refractivity contribution < 1.29 is 13.2 Å². The molecular weight excluding hydrogens is 446 g/mol. The summed E-state index contributed by atoms with van der Waals surface area (Å²) in [5, 5.41) is 5.11. The van der Waals surface area contributed by atoms with Gasteiger partial charge in [-0.1, -0.05) is 44.2 Å². The first-order chi connectivity index (χ1) is 16.1.